The summed E-state index contributed by atoms with van der Waals surface area (Å²) in [7, 11) is 3.59. The molecule has 1 aliphatic heterocycles. The first kappa shape index (κ1) is 18.5. The van der Waals surface area contributed by atoms with Gasteiger partial charge in [-0.3, -0.25) is 4.68 Å². The van der Waals surface area contributed by atoms with E-state index in [1.165, 1.54) is 0 Å². The number of aromatic nitrogens is 6. The van der Waals surface area contributed by atoms with Crippen molar-refractivity contribution in [2.24, 2.45) is 7.05 Å². The molecule has 0 aliphatic carbocycles. The normalized spacial score (nSPS) is 17.2. The highest BCUT2D eigenvalue weighted by atomic mass is 16.5. The van der Waals surface area contributed by atoms with Crippen molar-refractivity contribution >= 4 is 5.95 Å². The summed E-state index contributed by atoms with van der Waals surface area (Å²) < 4.78 is 12.4. The minimum atomic E-state index is 0.183. The first-order valence-corrected chi connectivity index (χ1v) is 9.54. The predicted molar refractivity (Wildman–Crippen MR) is 103 cm³/mol. The second-order valence-electron chi connectivity index (χ2n) is 7.12. The standard InChI is InChI=1S/C19H25N7O2/c1-13-11-20-19(23-17(13)15-6-8-21-25(15)2)26-9-4-5-14(12-26)18-22-16(24-28-18)7-10-27-3/h6,8,11,14H,4-5,7,9-10,12H2,1-3H3. The summed E-state index contributed by atoms with van der Waals surface area (Å²) in [6.07, 6.45) is 6.36. The van der Waals surface area contributed by atoms with Crippen LogP contribution in [0, 0.1) is 6.92 Å². The monoisotopic (exact) mass is 383 g/mol. The van der Waals surface area contributed by atoms with E-state index in [1.807, 2.05) is 30.9 Å². The van der Waals surface area contributed by atoms with Crippen LogP contribution in [0.4, 0.5) is 5.95 Å². The molecule has 0 spiro atoms. The lowest BCUT2D eigenvalue weighted by molar-refractivity contribution is 0.199. The lowest BCUT2D eigenvalue weighted by atomic mass is 9.98. The quantitative estimate of drug-likeness (QED) is 0.639. The highest BCUT2D eigenvalue weighted by Crippen LogP contribution is 2.29. The van der Waals surface area contributed by atoms with Gasteiger partial charge in [-0.1, -0.05) is 5.16 Å². The van der Waals surface area contributed by atoms with Crippen LogP contribution >= 0.6 is 0 Å². The first-order chi connectivity index (χ1) is 13.7. The molecule has 28 heavy (non-hydrogen) atoms. The van der Waals surface area contributed by atoms with Gasteiger partial charge in [0.25, 0.3) is 0 Å². The number of nitrogens with zero attached hydrogens (tertiary/aromatic N) is 7. The van der Waals surface area contributed by atoms with Gasteiger partial charge >= 0.3 is 0 Å². The van der Waals surface area contributed by atoms with E-state index in [1.54, 1.807) is 13.3 Å². The molecule has 0 aromatic carbocycles. The van der Waals surface area contributed by atoms with Gasteiger partial charge in [-0.15, -0.1) is 0 Å². The summed E-state index contributed by atoms with van der Waals surface area (Å²) in [5, 5.41) is 8.33. The van der Waals surface area contributed by atoms with Crippen LogP contribution in [0.3, 0.4) is 0 Å². The van der Waals surface area contributed by atoms with E-state index in [0.717, 1.165) is 48.8 Å². The zero-order valence-electron chi connectivity index (χ0n) is 16.5. The van der Waals surface area contributed by atoms with Crippen LogP contribution in [0.5, 0.6) is 0 Å². The summed E-state index contributed by atoms with van der Waals surface area (Å²) in [6, 6.07) is 1.97. The molecule has 1 fully saturated rings. The number of piperidine rings is 1. The lowest BCUT2D eigenvalue weighted by Crippen LogP contribution is -2.35. The number of ether oxygens (including phenoxy) is 1. The Kier molecular flexibility index (Phi) is 5.34. The van der Waals surface area contributed by atoms with Crippen molar-refractivity contribution in [1.82, 2.24) is 29.9 Å². The van der Waals surface area contributed by atoms with Crippen molar-refractivity contribution in [1.29, 1.82) is 0 Å². The zero-order valence-corrected chi connectivity index (χ0v) is 16.5. The van der Waals surface area contributed by atoms with Crippen molar-refractivity contribution in [2.45, 2.75) is 32.1 Å². The molecule has 3 aromatic rings. The molecule has 0 radical (unpaired) electrons. The molecule has 0 saturated carbocycles. The Bertz CT molecular complexity index is 936. The molecule has 1 atom stereocenters. The highest BCUT2D eigenvalue weighted by molar-refractivity contribution is 5.60. The van der Waals surface area contributed by atoms with Gasteiger partial charge in [0.2, 0.25) is 11.8 Å². The van der Waals surface area contributed by atoms with Crippen LogP contribution in [0.25, 0.3) is 11.4 Å². The van der Waals surface area contributed by atoms with Crippen LogP contribution < -0.4 is 4.90 Å². The molecule has 1 aliphatic rings. The number of aryl methyl sites for hydroxylation is 2. The van der Waals surface area contributed by atoms with Crippen molar-refractivity contribution in [3.8, 4) is 11.4 Å². The van der Waals surface area contributed by atoms with Gasteiger partial charge < -0.3 is 14.2 Å². The Balaban J connectivity index is 1.53. The smallest absolute Gasteiger partial charge is 0.231 e. The maximum absolute atomic E-state index is 5.51. The first-order valence-electron chi connectivity index (χ1n) is 9.54. The van der Waals surface area contributed by atoms with Crippen LogP contribution in [-0.4, -0.2) is 56.7 Å². The average Bonchev–Trinajstić information content (AvgIpc) is 3.36. The van der Waals surface area contributed by atoms with Crippen molar-refractivity contribution < 1.29 is 9.26 Å². The van der Waals surface area contributed by atoms with E-state index >= 15 is 0 Å². The molecule has 148 valence electrons. The summed E-state index contributed by atoms with van der Waals surface area (Å²) in [6.45, 7) is 4.28. The average molecular weight is 383 g/mol. The van der Waals surface area contributed by atoms with Crippen LogP contribution in [0.15, 0.2) is 23.0 Å². The minimum absolute atomic E-state index is 0.183. The molecule has 0 N–H and O–H groups in total. The molecule has 0 amide bonds. The number of rotatable bonds is 6. The fourth-order valence-electron chi connectivity index (χ4n) is 3.54. The molecule has 4 heterocycles. The molecular formula is C19H25N7O2. The van der Waals surface area contributed by atoms with Crippen molar-refractivity contribution in [3.63, 3.8) is 0 Å². The van der Waals surface area contributed by atoms with E-state index in [9.17, 15) is 0 Å². The number of hydrogen-bond acceptors (Lipinski definition) is 8. The third-order valence-corrected chi connectivity index (χ3v) is 5.09. The van der Waals surface area contributed by atoms with E-state index < -0.39 is 0 Å². The second-order valence-corrected chi connectivity index (χ2v) is 7.12. The number of methoxy groups -OCH3 is 1. The molecule has 1 saturated heterocycles. The van der Waals surface area contributed by atoms with Gasteiger partial charge in [0.05, 0.1) is 23.9 Å². The van der Waals surface area contributed by atoms with Crippen molar-refractivity contribution in [2.75, 3.05) is 31.7 Å². The third kappa shape index (κ3) is 3.75. The Labute approximate surface area is 163 Å². The molecule has 4 rings (SSSR count). The molecule has 1 unspecified atom stereocenters. The van der Waals surface area contributed by atoms with Crippen molar-refractivity contribution in [3.05, 3.63) is 35.7 Å². The number of hydrogen-bond donors (Lipinski definition) is 0. The van der Waals surface area contributed by atoms with E-state index in [0.29, 0.717) is 24.7 Å². The lowest BCUT2D eigenvalue weighted by Gasteiger charge is -2.31. The van der Waals surface area contributed by atoms with Gasteiger partial charge in [0, 0.05) is 46.1 Å². The number of anilines is 1. The van der Waals surface area contributed by atoms with E-state index in [-0.39, 0.29) is 5.92 Å². The second kappa shape index (κ2) is 8.05. The largest absolute Gasteiger partial charge is 0.384 e. The Morgan fingerprint density at radius 2 is 2.21 bits per heavy atom. The summed E-state index contributed by atoms with van der Waals surface area (Å²) in [4.78, 5) is 16.2. The fourth-order valence-corrected chi connectivity index (χ4v) is 3.54. The van der Waals surface area contributed by atoms with E-state index in [4.69, 9.17) is 14.2 Å². The zero-order chi connectivity index (χ0) is 19.5. The van der Waals surface area contributed by atoms with E-state index in [2.05, 4.69) is 25.1 Å². The molecular weight excluding hydrogens is 358 g/mol. The van der Waals surface area contributed by atoms with Crippen LogP contribution in [-0.2, 0) is 18.2 Å². The molecule has 9 nitrogen and oxygen atoms in total. The molecule has 3 aromatic heterocycles. The Morgan fingerprint density at radius 1 is 1.32 bits per heavy atom. The molecule has 9 heteroatoms. The maximum atomic E-state index is 5.51. The summed E-state index contributed by atoms with van der Waals surface area (Å²) in [5.41, 5.74) is 2.92. The fraction of sp³-hybridized carbons (Fsp3) is 0.526. The van der Waals surface area contributed by atoms with Gasteiger partial charge in [0.1, 0.15) is 0 Å². The highest BCUT2D eigenvalue weighted by Gasteiger charge is 2.28. The Morgan fingerprint density at radius 3 is 3.00 bits per heavy atom. The van der Waals surface area contributed by atoms with Crippen LogP contribution in [0.2, 0.25) is 0 Å². The third-order valence-electron chi connectivity index (χ3n) is 5.09. The maximum Gasteiger partial charge on any atom is 0.231 e. The summed E-state index contributed by atoms with van der Waals surface area (Å²) in [5.74, 6) is 2.29. The predicted octanol–water partition coefficient (Wildman–Crippen LogP) is 2.14. The van der Waals surface area contributed by atoms with Gasteiger partial charge in [-0.05, 0) is 31.4 Å². The van der Waals surface area contributed by atoms with Gasteiger partial charge in [0.15, 0.2) is 5.82 Å². The Hall–Kier alpha value is -2.81. The van der Waals surface area contributed by atoms with Gasteiger partial charge in [-0.2, -0.15) is 10.1 Å². The SMILES string of the molecule is COCCc1noc(C2CCCN(c3ncc(C)c(-c4ccnn4C)n3)C2)n1. The minimum Gasteiger partial charge on any atom is -0.384 e. The summed E-state index contributed by atoms with van der Waals surface area (Å²) >= 11 is 0. The van der Waals surface area contributed by atoms with Gasteiger partial charge in [-0.25, -0.2) is 9.97 Å². The topological polar surface area (TPSA) is 95.0 Å². The molecule has 0 bridgehead atoms. The van der Waals surface area contributed by atoms with Crippen LogP contribution in [0.1, 0.15) is 36.0 Å².